The van der Waals surface area contributed by atoms with Crippen molar-refractivity contribution in [1.82, 2.24) is 10.2 Å². The highest BCUT2D eigenvalue weighted by molar-refractivity contribution is 7.15. The number of amides is 1. The summed E-state index contributed by atoms with van der Waals surface area (Å²) >= 11 is 1.32. The molecule has 2 aromatic rings. The van der Waals surface area contributed by atoms with Crippen molar-refractivity contribution in [2.75, 3.05) is 29.9 Å². The summed E-state index contributed by atoms with van der Waals surface area (Å²) in [6.45, 7) is 0.791. The first kappa shape index (κ1) is 16.0. The monoisotopic (exact) mass is 360 g/mol. The van der Waals surface area contributed by atoms with Gasteiger partial charge in [0.05, 0.1) is 12.2 Å². The van der Waals surface area contributed by atoms with Crippen molar-refractivity contribution in [3.05, 3.63) is 29.3 Å². The van der Waals surface area contributed by atoms with Crippen LogP contribution in [0.1, 0.15) is 24.0 Å². The highest BCUT2D eigenvalue weighted by atomic mass is 32.1. The maximum atomic E-state index is 12.3. The quantitative estimate of drug-likeness (QED) is 0.656. The number of para-hydroxylation sites is 2. The predicted octanol–water partition coefficient (Wildman–Crippen LogP) is 1.75. The molecule has 0 aliphatic carbocycles. The Morgan fingerprint density at radius 2 is 2.24 bits per heavy atom. The molecule has 0 spiro atoms. The Morgan fingerprint density at radius 1 is 1.36 bits per heavy atom. The number of carbonyl (C=O) groups is 2. The van der Waals surface area contributed by atoms with Gasteiger partial charge in [0.1, 0.15) is 17.7 Å². The third kappa shape index (κ3) is 3.47. The van der Waals surface area contributed by atoms with Crippen LogP contribution >= 0.6 is 11.3 Å². The van der Waals surface area contributed by atoms with E-state index in [9.17, 15) is 9.59 Å². The summed E-state index contributed by atoms with van der Waals surface area (Å²) in [4.78, 5) is 25.7. The number of hydrogen-bond donors (Lipinski definition) is 1. The number of nitrogens with zero attached hydrogens (tertiary/aromatic N) is 3. The third-order valence-corrected chi connectivity index (χ3v) is 4.91. The van der Waals surface area contributed by atoms with Crippen LogP contribution in [0.2, 0.25) is 0 Å². The number of benzene rings is 1. The Balaban J connectivity index is 1.42. The van der Waals surface area contributed by atoms with E-state index in [2.05, 4.69) is 15.5 Å². The minimum atomic E-state index is -0.386. The fraction of sp³-hybridized carbons (Fsp3) is 0.375. The second kappa shape index (κ2) is 6.77. The minimum absolute atomic E-state index is 0.0214. The SMILES string of the molecule is O=C(CN1CC(=O)Oc2ccccc21)Nc1nnc([C@H]2CCCO2)s1. The van der Waals surface area contributed by atoms with Gasteiger partial charge in [0.2, 0.25) is 11.0 Å². The summed E-state index contributed by atoms with van der Waals surface area (Å²) in [7, 11) is 0. The Labute approximate surface area is 147 Å². The Bertz CT molecular complexity index is 803. The zero-order chi connectivity index (χ0) is 17.2. The van der Waals surface area contributed by atoms with Crippen LogP contribution in [0.5, 0.6) is 5.75 Å². The smallest absolute Gasteiger partial charge is 0.331 e. The summed E-state index contributed by atoms with van der Waals surface area (Å²) in [6, 6.07) is 7.14. The summed E-state index contributed by atoms with van der Waals surface area (Å²) in [5.41, 5.74) is 0.717. The van der Waals surface area contributed by atoms with Gasteiger partial charge in [-0.3, -0.25) is 10.1 Å². The van der Waals surface area contributed by atoms with Gasteiger partial charge in [-0.25, -0.2) is 4.79 Å². The van der Waals surface area contributed by atoms with E-state index in [1.807, 2.05) is 12.1 Å². The summed E-state index contributed by atoms with van der Waals surface area (Å²) in [5.74, 6) is -0.189. The van der Waals surface area contributed by atoms with E-state index in [0.29, 0.717) is 10.9 Å². The molecule has 9 heteroatoms. The second-order valence-corrected chi connectivity index (χ2v) is 6.80. The lowest BCUT2D eigenvalue weighted by molar-refractivity contribution is -0.133. The van der Waals surface area contributed by atoms with Crippen molar-refractivity contribution in [3.8, 4) is 5.75 Å². The van der Waals surface area contributed by atoms with Crippen molar-refractivity contribution >= 4 is 34.0 Å². The summed E-state index contributed by atoms with van der Waals surface area (Å²) < 4.78 is 10.7. The molecule has 1 atom stereocenters. The average molecular weight is 360 g/mol. The first-order valence-corrected chi connectivity index (χ1v) is 8.80. The molecule has 0 bridgehead atoms. The average Bonchev–Trinajstić information content (AvgIpc) is 3.25. The van der Waals surface area contributed by atoms with E-state index in [4.69, 9.17) is 9.47 Å². The molecule has 3 heterocycles. The van der Waals surface area contributed by atoms with Crippen molar-refractivity contribution < 1.29 is 19.1 Å². The van der Waals surface area contributed by atoms with Crippen LogP contribution in [0.25, 0.3) is 0 Å². The molecular weight excluding hydrogens is 344 g/mol. The Hall–Kier alpha value is -2.52. The molecular formula is C16H16N4O4S. The summed E-state index contributed by atoms with van der Waals surface area (Å²) in [5, 5.41) is 12.0. The molecule has 1 aromatic heterocycles. The summed E-state index contributed by atoms with van der Waals surface area (Å²) in [6.07, 6.45) is 1.91. The Kier molecular flexibility index (Phi) is 4.33. The fourth-order valence-electron chi connectivity index (χ4n) is 2.86. The van der Waals surface area contributed by atoms with Crippen molar-refractivity contribution in [2.24, 2.45) is 0 Å². The molecule has 1 N–H and O–H groups in total. The minimum Gasteiger partial charge on any atom is -0.423 e. The van der Waals surface area contributed by atoms with Gasteiger partial charge in [-0.1, -0.05) is 23.5 Å². The number of fused-ring (bicyclic) bond motifs is 1. The molecule has 25 heavy (non-hydrogen) atoms. The van der Waals surface area contributed by atoms with Crippen LogP contribution in [0.4, 0.5) is 10.8 Å². The standard InChI is InChI=1S/C16H16N4O4S/c21-13(17-16-19-18-15(25-16)12-6-3-7-23-12)8-20-9-14(22)24-11-5-2-1-4-10(11)20/h1-2,4-5,12H,3,6-9H2,(H,17,19,21)/t12-/m1/s1. The molecule has 2 aliphatic rings. The van der Waals surface area contributed by atoms with E-state index < -0.39 is 0 Å². The maximum Gasteiger partial charge on any atom is 0.331 e. The lowest BCUT2D eigenvalue weighted by Gasteiger charge is -2.28. The van der Waals surface area contributed by atoms with Gasteiger partial charge in [-0.2, -0.15) is 0 Å². The number of rotatable bonds is 4. The van der Waals surface area contributed by atoms with Gasteiger partial charge in [-0.15, -0.1) is 10.2 Å². The van der Waals surface area contributed by atoms with Gasteiger partial charge >= 0.3 is 5.97 Å². The van der Waals surface area contributed by atoms with Crippen LogP contribution in [-0.4, -0.2) is 41.8 Å². The lowest BCUT2D eigenvalue weighted by Crippen LogP contribution is -2.41. The normalized spacial score (nSPS) is 19.4. The van der Waals surface area contributed by atoms with Crippen molar-refractivity contribution in [1.29, 1.82) is 0 Å². The number of carbonyl (C=O) groups excluding carboxylic acids is 2. The van der Waals surface area contributed by atoms with Gasteiger partial charge in [0.15, 0.2) is 5.75 Å². The molecule has 4 rings (SSSR count). The zero-order valence-electron chi connectivity index (χ0n) is 13.3. The van der Waals surface area contributed by atoms with E-state index in [1.54, 1.807) is 17.0 Å². The van der Waals surface area contributed by atoms with Crippen LogP contribution in [0.3, 0.4) is 0 Å². The highest BCUT2D eigenvalue weighted by Crippen LogP contribution is 2.33. The van der Waals surface area contributed by atoms with Crippen LogP contribution < -0.4 is 15.0 Å². The molecule has 8 nitrogen and oxygen atoms in total. The topological polar surface area (TPSA) is 93.7 Å². The lowest BCUT2D eigenvalue weighted by atomic mass is 10.2. The molecule has 1 saturated heterocycles. The first-order chi connectivity index (χ1) is 12.2. The van der Waals surface area contributed by atoms with Gasteiger partial charge in [0.25, 0.3) is 0 Å². The van der Waals surface area contributed by atoms with Crippen LogP contribution in [0, 0.1) is 0 Å². The van der Waals surface area contributed by atoms with Gasteiger partial charge in [0, 0.05) is 6.61 Å². The maximum absolute atomic E-state index is 12.3. The molecule has 2 aliphatic heterocycles. The molecule has 1 amide bonds. The number of nitrogens with one attached hydrogen (secondary N) is 1. The largest absolute Gasteiger partial charge is 0.423 e. The van der Waals surface area contributed by atoms with Crippen molar-refractivity contribution in [3.63, 3.8) is 0 Å². The number of esters is 1. The molecule has 1 fully saturated rings. The molecule has 0 unspecified atom stereocenters. The number of aromatic nitrogens is 2. The molecule has 0 radical (unpaired) electrons. The Morgan fingerprint density at radius 3 is 3.08 bits per heavy atom. The molecule has 130 valence electrons. The second-order valence-electron chi connectivity index (χ2n) is 5.79. The van der Waals surface area contributed by atoms with Gasteiger partial charge < -0.3 is 14.4 Å². The number of ether oxygens (including phenoxy) is 2. The first-order valence-electron chi connectivity index (χ1n) is 7.98. The van der Waals surface area contributed by atoms with Gasteiger partial charge in [-0.05, 0) is 25.0 Å². The third-order valence-electron chi connectivity index (χ3n) is 3.98. The predicted molar refractivity (Wildman–Crippen MR) is 90.8 cm³/mol. The molecule has 1 aromatic carbocycles. The number of hydrogen-bond acceptors (Lipinski definition) is 8. The van der Waals surface area contributed by atoms with E-state index >= 15 is 0 Å². The van der Waals surface area contributed by atoms with Crippen molar-refractivity contribution in [2.45, 2.75) is 18.9 Å². The molecule has 0 saturated carbocycles. The van der Waals surface area contributed by atoms with E-state index in [-0.39, 0.29) is 31.1 Å². The van der Waals surface area contributed by atoms with Crippen LogP contribution in [-0.2, 0) is 14.3 Å². The van der Waals surface area contributed by atoms with E-state index in [0.717, 1.165) is 30.1 Å². The zero-order valence-corrected chi connectivity index (χ0v) is 14.1. The van der Waals surface area contributed by atoms with E-state index in [1.165, 1.54) is 11.3 Å². The highest BCUT2D eigenvalue weighted by Gasteiger charge is 2.26. The fourth-order valence-corrected chi connectivity index (χ4v) is 3.71. The number of anilines is 2. The van der Waals surface area contributed by atoms with Crippen LogP contribution in [0.15, 0.2) is 24.3 Å².